The molecule has 0 aliphatic carbocycles. The molecular formula is C44H81NO2. The molecular weight excluding hydrogens is 574 g/mol. The van der Waals surface area contributed by atoms with Crippen LogP contribution in [0.4, 0.5) is 0 Å². The van der Waals surface area contributed by atoms with Gasteiger partial charge in [-0.3, -0.25) is 4.79 Å². The zero-order chi connectivity index (χ0) is 34.5. The summed E-state index contributed by atoms with van der Waals surface area (Å²) < 4.78 is 6.01. The standard InChI is InChI=1S/C44H81NO2/c1-6-8-10-12-14-15-16-17-18-19-20-21-22-24-29-33-38-43(47-44(46)40-35-41-45(4)5)39-34-30-26-25-28-32-37-42(3)36-31-27-23-13-11-9-7-2/h14-15,17-18,23,27,36,43H,6-13,16,19-22,24-26,28-35,37-41H2,1-5H3/b15-14-,18-17-,27-23-,42-36-. The fourth-order valence-electron chi connectivity index (χ4n) is 5.99. The lowest BCUT2D eigenvalue weighted by Gasteiger charge is -2.18. The van der Waals surface area contributed by atoms with Crippen molar-refractivity contribution in [1.29, 1.82) is 0 Å². The van der Waals surface area contributed by atoms with E-state index in [2.05, 4.69) is 82.3 Å². The number of carbonyl (C=O) groups is 1. The fourth-order valence-corrected chi connectivity index (χ4v) is 5.99. The van der Waals surface area contributed by atoms with E-state index in [0.717, 1.165) is 38.6 Å². The highest BCUT2D eigenvalue weighted by Gasteiger charge is 2.14. The summed E-state index contributed by atoms with van der Waals surface area (Å²) in [6.45, 7) is 7.76. The van der Waals surface area contributed by atoms with Crippen molar-refractivity contribution in [2.45, 2.75) is 207 Å². The normalized spacial score (nSPS) is 13.2. The van der Waals surface area contributed by atoms with E-state index in [1.807, 2.05) is 0 Å². The first-order valence-corrected chi connectivity index (χ1v) is 20.4. The molecule has 0 aliphatic heterocycles. The molecule has 0 rings (SSSR count). The summed E-state index contributed by atoms with van der Waals surface area (Å²) in [7, 11) is 4.12. The second-order valence-electron chi connectivity index (χ2n) is 14.3. The maximum absolute atomic E-state index is 12.5. The average molecular weight is 656 g/mol. The van der Waals surface area contributed by atoms with Gasteiger partial charge in [-0.2, -0.15) is 0 Å². The van der Waals surface area contributed by atoms with Gasteiger partial charge in [-0.25, -0.2) is 0 Å². The molecule has 0 saturated carbocycles. The summed E-state index contributed by atoms with van der Waals surface area (Å²) in [6, 6.07) is 0. The van der Waals surface area contributed by atoms with Gasteiger partial charge in [0.1, 0.15) is 6.10 Å². The topological polar surface area (TPSA) is 29.5 Å². The van der Waals surface area contributed by atoms with Crippen molar-refractivity contribution >= 4 is 5.97 Å². The van der Waals surface area contributed by atoms with E-state index in [1.54, 1.807) is 5.57 Å². The maximum atomic E-state index is 12.5. The molecule has 0 aromatic carbocycles. The van der Waals surface area contributed by atoms with Crippen LogP contribution >= 0.6 is 0 Å². The fraction of sp³-hybridized carbons (Fsp3) is 0.795. The molecule has 0 N–H and O–H groups in total. The van der Waals surface area contributed by atoms with Crippen LogP contribution in [0, 0.1) is 0 Å². The molecule has 0 aromatic rings. The van der Waals surface area contributed by atoms with Gasteiger partial charge in [0.2, 0.25) is 0 Å². The summed E-state index contributed by atoms with van der Waals surface area (Å²) in [5, 5.41) is 0. The van der Waals surface area contributed by atoms with Crippen LogP contribution < -0.4 is 0 Å². The van der Waals surface area contributed by atoms with Crippen LogP contribution in [0.15, 0.2) is 48.1 Å². The van der Waals surface area contributed by atoms with Crippen molar-refractivity contribution in [2.75, 3.05) is 20.6 Å². The number of carbonyl (C=O) groups excluding carboxylic acids is 1. The number of hydrogen-bond acceptors (Lipinski definition) is 3. The lowest BCUT2D eigenvalue weighted by Crippen LogP contribution is -2.20. The first-order chi connectivity index (χ1) is 23.0. The highest BCUT2D eigenvalue weighted by Crippen LogP contribution is 2.19. The van der Waals surface area contributed by atoms with Gasteiger partial charge < -0.3 is 9.64 Å². The summed E-state index contributed by atoms with van der Waals surface area (Å²) in [4.78, 5) is 14.7. The van der Waals surface area contributed by atoms with Gasteiger partial charge >= 0.3 is 5.97 Å². The molecule has 0 amide bonds. The Kier molecular flexibility index (Phi) is 35.9. The Morgan fingerprint density at radius 1 is 0.553 bits per heavy atom. The second kappa shape index (κ2) is 37.2. The van der Waals surface area contributed by atoms with E-state index in [-0.39, 0.29) is 12.1 Å². The largest absolute Gasteiger partial charge is 0.462 e. The lowest BCUT2D eigenvalue weighted by molar-refractivity contribution is -0.150. The van der Waals surface area contributed by atoms with Gasteiger partial charge in [-0.05, 0) is 124 Å². The molecule has 0 aliphatic rings. The van der Waals surface area contributed by atoms with Gasteiger partial charge in [0.05, 0.1) is 0 Å². The Morgan fingerprint density at radius 2 is 1.02 bits per heavy atom. The predicted octanol–water partition coefficient (Wildman–Crippen LogP) is 14.0. The monoisotopic (exact) mass is 656 g/mol. The van der Waals surface area contributed by atoms with E-state index in [9.17, 15) is 4.79 Å². The van der Waals surface area contributed by atoms with Crippen LogP contribution in [0.1, 0.15) is 201 Å². The van der Waals surface area contributed by atoms with Crippen LogP contribution in [-0.4, -0.2) is 37.6 Å². The number of hydrogen-bond donors (Lipinski definition) is 0. The van der Waals surface area contributed by atoms with E-state index >= 15 is 0 Å². The average Bonchev–Trinajstić information content (AvgIpc) is 3.04. The number of rotatable bonds is 35. The van der Waals surface area contributed by atoms with Crippen molar-refractivity contribution in [2.24, 2.45) is 0 Å². The molecule has 0 aromatic heterocycles. The number of ether oxygens (including phenoxy) is 1. The zero-order valence-electron chi connectivity index (χ0n) is 32.4. The van der Waals surface area contributed by atoms with Crippen molar-refractivity contribution < 1.29 is 9.53 Å². The number of allylic oxidation sites excluding steroid dienone is 8. The molecule has 0 fully saturated rings. The molecule has 0 radical (unpaired) electrons. The van der Waals surface area contributed by atoms with Gasteiger partial charge in [-0.1, -0.05) is 139 Å². The van der Waals surface area contributed by atoms with E-state index in [1.165, 1.54) is 141 Å². The molecule has 3 nitrogen and oxygen atoms in total. The molecule has 0 heterocycles. The molecule has 0 saturated heterocycles. The Labute approximate surface area is 295 Å². The summed E-state index contributed by atoms with van der Waals surface area (Å²) in [5.74, 6) is 0.00676. The third-order valence-corrected chi connectivity index (χ3v) is 9.10. The van der Waals surface area contributed by atoms with Crippen LogP contribution in [0.5, 0.6) is 0 Å². The highest BCUT2D eigenvalue weighted by atomic mass is 16.5. The van der Waals surface area contributed by atoms with E-state index < -0.39 is 0 Å². The Balaban J connectivity index is 4.09. The minimum Gasteiger partial charge on any atom is -0.462 e. The Hall–Kier alpha value is -1.61. The van der Waals surface area contributed by atoms with E-state index in [0.29, 0.717) is 6.42 Å². The number of unbranched alkanes of at least 4 members (excludes halogenated alkanes) is 17. The smallest absolute Gasteiger partial charge is 0.306 e. The molecule has 1 atom stereocenters. The van der Waals surface area contributed by atoms with Gasteiger partial charge in [-0.15, -0.1) is 0 Å². The predicted molar refractivity (Wildman–Crippen MR) is 210 cm³/mol. The van der Waals surface area contributed by atoms with E-state index in [4.69, 9.17) is 4.74 Å². The van der Waals surface area contributed by atoms with Gasteiger partial charge in [0, 0.05) is 6.42 Å². The van der Waals surface area contributed by atoms with Crippen molar-refractivity contribution in [1.82, 2.24) is 4.90 Å². The van der Waals surface area contributed by atoms with Gasteiger partial charge in [0.15, 0.2) is 0 Å². The quantitative estimate of drug-likeness (QED) is 0.0386. The third kappa shape index (κ3) is 37.1. The molecule has 47 heavy (non-hydrogen) atoms. The first kappa shape index (κ1) is 45.4. The van der Waals surface area contributed by atoms with Crippen LogP contribution in [0.3, 0.4) is 0 Å². The first-order valence-electron chi connectivity index (χ1n) is 20.4. The van der Waals surface area contributed by atoms with Crippen molar-refractivity contribution in [3.05, 3.63) is 48.1 Å². The number of nitrogens with zero attached hydrogens (tertiary/aromatic N) is 1. The highest BCUT2D eigenvalue weighted by molar-refractivity contribution is 5.69. The van der Waals surface area contributed by atoms with Gasteiger partial charge in [0.25, 0.3) is 0 Å². The number of esters is 1. The summed E-state index contributed by atoms with van der Waals surface area (Å²) in [6.07, 6.45) is 50.5. The van der Waals surface area contributed by atoms with Crippen LogP contribution in [0.25, 0.3) is 0 Å². The second-order valence-corrected chi connectivity index (χ2v) is 14.3. The zero-order valence-corrected chi connectivity index (χ0v) is 32.4. The molecule has 3 heteroatoms. The lowest BCUT2D eigenvalue weighted by atomic mass is 10.0. The Bertz CT molecular complexity index is 778. The van der Waals surface area contributed by atoms with Crippen molar-refractivity contribution in [3.63, 3.8) is 0 Å². The van der Waals surface area contributed by atoms with Crippen LogP contribution in [0.2, 0.25) is 0 Å². The summed E-state index contributed by atoms with van der Waals surface area (Å²) in [5.41, 5.74) is 1.54. The minimum absolute atomic E-state index is 0.00676. The molecule has 0 spiro atoms. The molecule has 274 valence electrons. The SMILES string of the molecule is CCCCC/C=C\C/C=C\CCCCCCCCC(CCCCCCCC/C(C)=C\C/C=C\CCCCC)OC(=O)CCCN(C)C. The van der Waals surface area contributed by atoms with Crippen LogP contribution in [-0.2, 0) is 9.53 Å². The summed E-state index contributed by atoms with van der Waals surface area (Å²) >= 11 is 0. The maximum Gasteiger partial charge on any atom is 0.306 e. The Morgan fingerprint density at radius 3 is 1.55 bits per heavy atom. The van der Waals surface area contributed by atoms with Crippen molar-refractivity contribution in [3.8, 4) is 0 Å². The molecule has 1 unspecified atom stereocenters. The molecule has 0 bridgehead atoms. The minimum atomic E-state index is 0.00676. The third-order valence-electron chi connectivity index (χ3n) is 9.10.